The highest BCUT2D eigenvalue weighted by Crippen LogP contribution is 2.44. The summed E-state index contributed by atoms with van der Waals surface area (Å²) in [4.78, 5) is 22.2. The molecule has 3 rings (SSSR count). The molecule has 1 unspecified atom stereocenters. The number of nitro groups is 1. The van der Waals surface area contributed by atoms with Crippen LogP contribution >= 0.6 is 11.6 Å². The van der Waals surface area contributed by atoms with Crippen molar-refractivity contribution in [1.29, 1.82) is 0 Å². The van der Waals surface area contributed by atoms with Gasteiger partial charge in [-0.25, -0.2) is 0 Å². The van der Waals surface area contributed by atoms with Crippen molar-refractivity contribution in [3.63, 3.8) is 0 Å². The van der Waals surface area contributed by atoms with Crippen LogP contribution in [-0.2, 0) is 15.1 Å². The molecule has 1 aromatic heterocycles. The largest absolute Gasteiger partial charge is 0.478 e. The number of aromatic nitrogens is 1. The summed E-state index contributed by atoms with van der Waals surface area (Å²) in [6.45, 7) is 1.75. The molecule has 0 aliphatic carbocycles. The first-order chi connectivity index (χ1) is 10.9. The van der Waals surface area contributed by atoms with Crippen molar-refractivity contribution in [1.82, 2.24) is 4.57 Å². The molecule has 1 aromatic carbocycles. The normalized spacial score (nSPS) is 18.6. The van der Waals surface area contributed by atoms with E-state index >= 15 is 0 Å². The van der Waals surface area contributed by atoms with Gasteiger partial charge >= 0.3 is 5.97 Å². The lowest BCUT2D eigenvalue weighted by atomic mass is 9.95. The first-order valence-corrected chi connectivity index (χ1v) is 7.16. The van der Waals surface area contributed by atoms with Crippen molar-refractivity contribution >= 4 is 23.3 Å². The molecule has 0 amide bonds. The van der Waals surface area contributed by atoms with Crippen molar-refractivity contribution < 1.29 is 19.2 Å². The molecule has 2 heterocycles. The van der Waals surface area contributed by atoms with Crippen LogP contribution in [0.15, 0.2) is 30.3 Å². The van der Waals surface area contributed by atoms with Crippen molar-refractivity contribution in [3.8, 4) is 11.4 Å². The lowest BCUT2D eigenvalue weighted by Gasteiger charge is -2.36. The Morgan fingerprint density at radius 2 is 2.17 bits per heavy atom. The Hall–Kier alpha value is -2.54. The van der Waals surface area contributed by atoms with Gasteiger partial charge in [0.05, 0.1) is 29.8 Å². The molecule has 1 aliphatic rings. The van der Waals surface area contributed by atoms with Crippen molar-refractivity contribution in [3.05, 3.63) is 51.3 Å². The van der Waals surface area contributed by atoms with Crippen LogP contribution in [0.4, 0.5) is 5.69 Å². The Bertz CT molecular complexity index is 816. The van der Waals surface area contributed by atoms with Crippen LogP contribution in [0.5, 0.6) is 5.75 Å². The van der Waals surface area contributed by atoms with E-state index in [4.69, 9.17) is 21.1 Å². The van der Waals surface area contributed by atoms with E-state index in [1.807, 2.05) is 0 Å². The summed E-state index contributed by atoms with van der Waals surface area (Å²) in [5.74, 6) is -0.0191. The number of ether oxygens (including phenoxy) is 2. The van der Waals surface area contributed by atoms with Gasteiger partial charge in [0.25, 0.3) is 5.69 Å². The number of nitro benzene ring substituents is 1. The van der Waals surface area contributed by atoms with Gasteiger partial charge in [0.2, 0.25) is 0 Å². The number of halogens is 1. The zero-order valence-electron chi connectivity index (χ0n) is 12.4. The minimum atomic E-state index is -0.983. The van der Waals surface area contributed by atoms with Crippen LogP contribution in [0.2, 0.25) is 5.15 Å². The number of rotatable bonds is 3. The van der Waals surface area contributed by atoms with E-state index < -0.39 is 16.5 Å². The summed E-state index contributed by atoms with van der Waals surface area (Å²) in [5.41, 5.74) is 0.0377. The third-order valence-corrected chi connectivity index (χ3v) is 4.11. The summed E-state index contributed by atoms with van der Waals surface area (Å²) in [7, 11) is 1.30. The van der Waals surface area contributed by atoms with Crippen LogP contribution < -0.4 is 4.74 Å². The first-order valence-electron chi connectivity index (χ1n) is 6.78. The molecule has 1 atom stereocenters. The number of esters is 1. The molecule has 0 saturated heterocycles. The molecule has 0 saturated carbocycles. The zero-order chi connectivity index (χ0) is 16.8. The highest BCUT2D eigenvalue weighted by Gasteiger charge is 2.40. The molecule has 23 heavy (non-hydrogen) atoms. The van der Waals surface area contributed by atoms with Crippen LogP contribution in [-0.4, -0.2) is 22.6 Å². The van der Waals surface area contributed by atoms with Crippen LogP contribution in [0.25, 0.3) is 5.69 Å². The number of hydrogen-bond donors (Lipinski definition) is 0. The molecule has 7 nitrogen and oxygen atoms in total. The van der Waals surface area contributed by atoms with E-state index in [9.17, 15) is 14.9 Å². The molecule has 2 aromatic rings. The number of non-ortho nitro benzene ring substituents is 1. The second kappa shape index (κ2) is 5.27. The molecule has 0 N–H and O–H groups in total. The summed E-state index contributed by atoms with van der Waals surface area (Å²) in [6, 6.07) is 7.63. The van der Waals surface area contributed by atoms with Crippen molar-refractivity contribution in [2.75, 3.05) is 7.11 Å². The lowest BCUT2D eigenvalue weighted by molar-refractivity contribution is -0.384. The van der Waals surface area contributed by atoms with Crippen molar-refractivity contribution in [2.45, 2.75) is 18.9 Å². The fourth-order valence-corrected chi connectivity index (χ4v) is 2.96. The standard InChI is InChI=1S/C15H13ClN2O5/c1-15(8-14(19)22-2)12-5-6-13(16)17(12)10-7-9(18(20)21)3-4-11(10)23-15/h3-7H,8H2,1-2H3. The molecular weight excluding hydrogens is 324 g/mol. The van der Waals surface area contributed by atoms with Crippen LogP contribution in [0.1, 0.15) is 19.0 Å². The summed E-state index contributed by atoms with van der Waals surface area (Å²) in [5, 5.41) is 11.4. The van der Waals surface area contributed by atoms with E-state index in [1.165, 1.54) is 25.3 Å². The van der Waals surface area contributed by atoms with Crippen LogP contribution in [0.3, 0.4) is 0 Å². The van der Waals surface area contributed by atoms with E-state index in [0.29, 0.717) is 22.3 Å². The zero-order valence-corrected chi connectivity index (χ0v) is 13.2. The number of carbonyl (C=O) groups excluding carboxylic acids is 1. The number of benzene rings is 1. The average Bonchev–Trinajstić information content (AvgIpc) is 2.90. The minimum absolute atomic E-state index is 0.0136. The average molecular weight is 337 g/mol. The molecule has 0 fully saturated rings. The monoisotopic (exact) mass is 336 g/mol. The second-order valence-electron chi connectivity index (χ2n) is 5.37. The van der Waals surface area contributed by atoms with Gasteiger partial charge in [-0.1, -0.05) is 11.6 Å². The Labute approximate surface area is 136 Å². The van der Waals surface area contributed by atoms with E-state index in [2.05, 4.69) is 0 Å². The Kier molecular flexibility index (Phi) is 3.52. The van der Waals surface area contributed by atoms with Gasteiger partial charge in [-0.15, -0.1) is 0 Å². The molecule has 0 spiro atoms. The van der Waals surface area contributed by atoms with Crippen molar-refractivity contribution in [2.24, 2.45) is 0 Å². The summed E-state index contributed by atoms with van der Waals surface area (Å²) < 4.78 is 12.3. The number of fused-ring (bicyclic) bond motifs is 3. The van der Waals surface area contributed by atoms with Gasteiger partial charge in [0.15, 0.2) is 5.60 Å². The second-order valence-corrected chi connectivity index (χ2v) is 5.76. The topological polar surface area (TPSA) is 83.6 Å². The fraction of sp³-hybridized carbons (Fsp3) is 0.267. The van der Waals surface area contributed by atoms with Crippen LogP contribution in [0, 0.1) is 10.1 Å². The maximum absolute atomic E-state index is 11.7. The van der Waals surface area contributed by atoms with Gasteiger partial charge in [0, 0.05) is 12.1 Å². The molecule has 1 aliphatic heterocycles. The summed E-state index contributed by atoms with van der Waals surface area (Å²) in [6.07, 6.45) is -0.0136. The van der Waals surface area contributed by atoms with E-state index in [0.717, 1.165) is 0 Å². The van der Waals surface area contributed by atoms with Gasteiger partial charge in [-0.2, -0.15) is 0 Å². The van der Waals surface area contributed by atoms with Gasteiger partial charge < -0.3 is 9.47 Å². The predicted octanol–water partition coefficient (Wildman–Crippen LogP) is 3.21. The highest BCUT2D eigenvalue weighted by atomic mass is 35.5. The fourth-order valence-electron chi connectivity index (χ4n) is 2.72. The maximum Gasteiger partial charge on any atom is 0.309 e. The quantitative estimate of drug-likeness (QED) is 0.488. The van der Waals surface area contributed by atoms with Gasteiger partial charge in [-0.3, -0.25) is 19.5 Å². The Morgan fingerprint density at radius 3 is 2.83 bits per heavy atom. The van der Waals surface area contributed by atoms with Gasteiger partial charge in [-0.05, 0) is 25.1 Å². The molecule has 120 valence electrons. The summed E-state index contributed by atoms with van der Waals surface area (Å²) >= 11 is 6.24. The number of methoxy groups -OCH3 is 1. The Morgan fingerprint density at radius 1 is 1.43 bits per heavy atom. The predicted molar refractivity (Wildman–Crippen MR) is 82.0 cm³/mol. The lowest BCUT2D eigenvalue weighted by Crippen LogP contribution is -2.38. The highest BCUT2D eigenvalue weighted by molar-refractivity contribution is 6.30. The first kappa shape index (κ1) is 15.4. The number of carbonyl (C=O) groups is 1. The third-order valence-electron chi connectivity index (χ3n) is 3.81. The molecule has 0 radical (unpaired) electrons. The molecule has 8 heteroatoms. The van der Waals surface area contributed by atoms with E-state index in [1.54, 1.807) is 23.6 Å². The van der Waals surface area contributed by atoms with E-state index in [-0.39, 0.29) is 12.1 Å². The number of nitrogens with zero attached hydrogens (tertiary/aromatic N) is 2. The molecular formula is C15H13ClN2O5. The minimum Gasteiger partial charge on any atom is -0.478 e. The molecule has 0 bridgehead atoms. The van der Waals surface area contributed by atoms with Gasteiger partial charge in [0.1, 0.15) is 10.9 Å². The smallest absolute Gasteiger partial charge is 0.309 e. The SMILES string of the molecule is COC(=O)CC1(C)Oc2ccc([N+](=O)[O-])cc2-n2c(Cl)ccc21. The third kappa shape index (κ3) is 2.43. The number of hydrogen-bond acceptors (Lipinski definition) is 5. The maximum atomic E-state index is 11.7. The Balaban J connectivity index is 2.17.